The van der Waals surface area contributed by atoms with E-state index in [0.29, 0.717) is 28.5 Å². The normalized spacial score (nSPS) is 11.7. The summed E-state index contributed by atoms with van der Waals surface area (Å²) < 4.78 is 39.2. The predicted molar refractivity (Wildman–Crippen MR) is 146 cm³/mol. The summed E-state index contributed by atoms with van der Waals surface area (Å²) in [6.07, 6.45) is 0.414. The van der Waals surface area contributed by atoms with Crippen LogP contribution in [0.25, 0.3) is 10.8 Å². The number of nitrogens with one attached hydrogen (secondary N) is 1. The predicted octanol–water partition coefficient (Wildman–Crippen LogP) is 7.34. The van der Waals surface area contributed by atoms with Gasteiger partial charge in [0.05, 0.1) is 22.7 Å². The summed E-state index contributed by atoms with van der Waals surface area (Å²) in [6.45, 7) is 1.77. The van der Waals surface area contributed by atoms with E-state index in [1.807, 2.05) is 0 Å². The smallest absolute Gasteiger partial charge is 0.298 e. The van der Waals surface area contributed by atoms with Crippen molar-refractivity contribution in [1.29, 1.82) is 0 Å². The molecule has 0 aliphatic heterocycles. The molecule has 0 bridgehead atoms. The first-order valence-corrected chi connectivity index (χ1v) is 13.4. The van der Waals surface area contributed by atoms with Gasteiger partial charge in [0.2, 0.25) is 0 Å². The molecule has 0 saturated carbocycles. The number of azo groups is 1. The van der Waals surface area contributed by atoms with Crippen molar-refractivity contribution in [3.05, 3.63) is 81.8 Å². The van der Waals surface area contributed by atoms with Gasteiger partial charge in [-0.2, -0.15) is 8.42 Å². The third-order valence-corrected chi connectivity index (χ3v) is 7.51. The Bertz CT molecular complexity index is 1710. The molecule has 0 aliphatic rings. The van der Waals surface area contributed by atoms with Crippen LogP contribution in [0.2, 0.25) is 10.0 Å². The summed E-state index contributed by atoms with van der Waals surface area (Å²) in [5.74, 6) is -0.901. The summed E-state index contributed by atoms with van der Waals surface area (Å²) in [5.41, 5.74) is 0.209. The molecule has 0 aliphatic carbocycles. The fourth-order valence-electron chi connectivity index (χ4n) is 3.86. The van der Waals surface area contributed by atoms with Crippen molar-refractivity contribution in [2.75, 3.05) is 12.4 Å². The minimum atomic E-state index is -4.76. The number of halogens is 2. The second kappa shape index (κ2) is 11.0. The van der Waals surface area contributed by atoms with Crippen LogP contribution in [0.15, 0.2) is 75.8 Å². The lowest BCUT2D eigenvalue weighted by atomic mass is 10.0. The van der Waals surface area contributed by atoms with Crippen LogP contribution in [0, 0.1) is 0 Å². The second-order valence-electron chi connectivity index (χ2n) is 8.03. The average molecular weight is 574 g/mol. The maximum atomic E-state index is 13.2. The molecule has 0 saturated heterocycles. The molecule has 0 heterocycles. The molecule has 0 atom stereocenters. The van der Waals surface area contributed by atoms with Gasteiger partial charge in [-0.3, -0.25) is 9.35 Å². The molecule has 4 aromatic rings. The van der Waals surface area contributed by atoms with Crippen molar-refractivity contribution in [3.63, 3.8) is 0 Å². The number of amides is 1. The Morgan fingerprint density at radius 1 is 1.05 bits per heavy atom. The number of carbonyl (C=O) groups excluding carboxylic acids is 1. The van der Waals surface area contributed by atoms with Crippen molar-refractivity contribution in [2.24, 2.45) is 10.2 Å². The first-order chi connectivity index (χ1) is 18.1. The zero-order valence-corrected chi connectivity index (χ0v) is 22.4. The molecule has 0 fully saturated rings. The molecule has 12 heteroatoms. The van der Waals surface area contributed by atoms with E-state index >= 15 is 0 Å². The number of methoxy groups -OCH3 is 1. The van der Waals surface area contributed by atoms with E-state index in [1.54, 1.807) is 55.5 Å². The Balaban J connectivity index is 1.86. The van der Waals surface area contributed by atoms with Crippen molar-refractivity contribution < 1.29 is 27.6 Å². The molecule has 0 aromatic heterocycles. The van der Waals surface area contributed by atoms with E-state index in [4.69, 9.17) is 27.9 Å². The van der Waals surface area contributed by atoms with Crippen LogP contribution in [0.5, 0.6) is 11.5 Å². The number of rotatable bonds is 7. The number of para-hydroxylation sites is 1. The van der Waals surface area contributed by atoms with Gasteiger partial charge in [-0.15, -0.1) is 10.2 Å². The SMILES string of the molecule is CCc1ccc(N=Nc2c(O)c(C(=O)Nc3c(Cl)cccc3OC)cc3ccccc23)c(S(=O)(=O)O)c1Cl. The van der Waals surface area contributed by atoms with Gasteiger partial charge in [0.1, 0.15) is 27.7 Å². The van der Waals surface area contributed by atoms with E-state index in [-0.39, 0.29) is 32.7 Å². The largest absolute Gasteiger partial charge is 0.505 e. The van der Waals surface area contributed by atoms with Gasteiger partial charge < -0.3 is 15.2 Å². The maximum Gasteiger partial charge on any atom is 0.298 e. The van der Waals surface area contributed by atoms with Crippen LogP contribution in [0.4, 0.5) is 17.1 Å². The third-order valence-electron chi connectivity index (χ3n) is 5.73. The lowest BCUT2D eigenvalue weighted by Gasteiger charge is -2.14. The molecule has 3 N–H and O–H groups in total. The lowest BCUT2D eigenvalue weighted by Crippen LogP contribution is -2.13. The lowest BCUT2D eigenvalue weighted by molar-refractivity contribution is 0.102. The van der Waals surface area contributed by atoms with E-state index < -0.39 is 26.7 Å². The third kappa shape index (κ3) is 5.30. The monoisotopic (exact) mass is 573 g/mol. The first kappa shape index (κ1) is 27.3. The maximum absolute atomic E-state index is 13.2. The molecule has 4 aromatic carbocycles. The quantitative estimate of drug-likeness (QED) is 0.156. The zero-order valence-electron chi connectivity index (χ0n) is 20.1. The van der Waals surface area contributed by atoms with Crippen molar-refractivity contribution in [1.82, 2.24) is 0 Å². The van der Waals surface area contributed by atoms with E-state index in [2.05, 4.69) is 15.5 Å². The molecular weight excluding hydrogens is 553 g/mol. The van der Waals surface area contributed by atoms with Crippen LogP contribution in [0.3, 0.4) is 0 Å². The summed E-state index contributed by atoms with van der Waals surface area (Å²) in [5, 5.41) is 22.8. The number of benzene rings is 4. The molecular formula is C26H21Cl2N3O6S. The average Bonchev–Trinajstić information content (AvgIpc) is 2.88. The van der Waals surface area contributed by atoms with Gasteiger partial charge in [-0.25, -0.2) is 0 Å². The topological polar surface area (TPSA) is 138 Å². The van der Waals surface area contributed by atoms with Crippen molar-refractivity contribution in [2.45, 2.75) is 18.2 Å². The number of phenolic OH excluding ortho intramolecular Hbond substituents is 1. The zero-order chi connectivity index (χ0) is 27.6. The van der Waals surface area contributed by atoms with Crippen molar-refractivity contribution >= 4 is 67.1 Å². The van der Waals surface area contributed by atoms with E-state index in [9.17, 15) is 22.9 Å². The summed E-state index contributed by atoms with van der Waals surface area (Å²) in [4.78, 5) is 12.6. The van der Waals surface area contributed by atoms with Crippen molar-refractivity contribution in [3.8, 4) is 11.5 Å². The standard InChI is InChI=1S/C26H21Cl2N3O6S/c1-3-14-11-12-19(25(21(14)28)38(34,35)36)30-31-22-16-8-5-4-7-15(16)13-17(24(22)32)26(33)29-23-18(27)9-6-10-20(23)37-2/h4-13,32H,3H2,1-2H3,(H,29,33)(H,34,35,36). The Kier molecular flexibility index (Phi) is 7.89. The van der Waals surface area contributed by atoms with Gasteiger partial charge in [-0.05, 0) is 41.6 Å². The molecule has 9 nitrogen and oxygen atoms in total. The van der Waals surface area contributed by atoms with E-state index in [0.717, 1.165) is 0 Å². The molecule has 38 heavy (non-hydrogen) atoms. The van der Waals surface area contributed by atoms with Crippen LogP contribution in [-0.2, 0) is 16.5 Å². The minimum absolute atomic E-state index is 0.101. The number of fused-ring (bicyclic) bond motifs is 1. The highest BCUT2D eigenvalue weighted by atomic mass is 35.5. The van der Waals surface area contributed by atoms with Gasteiger partial charge in [0.15, 0.2) is 5.75 Å². The number of ether oxygens (including phenoxy) is 1. The summed E-state index contributed by atoms with van der Waals surface area (Å²) >= 11 is 12.5. The fraction of sp³-hybridized carbons (Fsp3) is 0.115. The molecule has 0 radical (unpaired) electrons. The number of carbonyl (C=O) groups is 1. The summed E-state index contributed by atoms with van der Waals surface area (Å²) in [7, 11) is -3.33. The Labute approximate surface area is 228 Å². The van der Waals surface area contributed by atoms with Crippen LogP contribution in [-0.4, -0.2) is 31.1 Å². The molecule has 196 valence electrons. The number of nitrogens with zero attached hydrogens (tertiary/aromatic N) is 2. The molecule has 4 rings (SSSR count). The number of hydrogen-bond acceptors (Lipinski definition) is 7. The highest BCUT2D eigenvalue weighted by Crippen LogP contribution is 2.42. The Morgan fingerprint density at radius 2 is 1.79 bits per heavy atom. The molecule has 1 amide bonds. The highest BCUT2D eigenvalue weighted by Gasteiger charge is 2.24. The number of phenols is 1. The minimum Gasteiger partial charge on any atom is -0.505 e. The Hall–Kier alpha value is -3.70. The second-order valence-corrected chi connectivity index (χ2v) is 10.2. The number of hydrogen-bond donors (Lipinski definition) is 3. The van der Waals surface area contributed by atoms with Gasteiger partial charge in [-0.1, -0.05) is 66.5 Å². The summed E-state index contributed by atoms with van der Waals surface area (Å²) in [6, 6.07) is 16.0. The van der Waals surface area contributed by atoms with Gasteiger partial charge in [0.25, 0.3) is 16.0 Å². The van der Waals surface area contributed by atoms with Crippen LogP contribution in [0.1, 0.15) is 22.8 Å². The van der Waals surface area contributed by atoms with E-state index in [1.165, 1.54) is 19.2 Å². The molecule has 0 spiro atoms. The van der Waals surface area contributed by atoms with Gasteiger partial charge in [0, 0.05) is 5.39 Å². The van der Waals surface area contributed by atoms with Crippen LogP contribution < -0.4 is 10.1 Å². The van der Waals surface area contributed by atoms with Crippen LogP contribution >= 0.6 is 23.2 Å². The number of anilines is 1. The van der Waals surface area contributed by atoms with Gasteiger partial charge >= 0.3 is 0 Å². The fourth-order valence-corrected chi connectivity index (χ4v) is 5.39. The molecule has 0 unspecified atom stereocenters. The Morgan fingerprint density at radius 3 is 2.47 bits per heavy atom. The first-order valence-electron chi connectivity index (χ1n) is 11.2. The number of aryl methyl sites for hydroxylation is 1. The highest BCUT2D eigenvalue weighted by molar-refractivity contribution is 7.86. The number of aromatic hydroxyl groups is 1.